The van der Waals surface area contributed by atoms with Crippen LogP contribution in [0.3, 0.4) is 0 Å². The molecule has 0 aliphatic rings. The van der Waals surface area contributed by atoms with Crippen LogP contribution in [0.4, 0.5) is 5.13 Å². The molecule has 0 aliphatic carbocycles. The predicted molar refractivity (Wildman–Crippen MR) is 148 cm³/mol. The fourth-order valence-electron chi connectivity index (χ4n) is 3.75. The van der Waals surface area contributed by atoms with Gasteiger partial charge in [-0.25, -0.2) is 5.43 Å². The molecular formula is C29H23N5O3S. The fourth-order valence-corrected chi connectivity index (χ4v) is 4.49. The first kappa shape index (κ1) is 24.8. The van der Waals surface area contributed by atoms with Gasteiger partial charge in [0, 0.05) is 5.56 Å². The maximum atomic E-state index is 12.3. The highest BCUT2D eigenvalue weighted by molar-refractivity contribution is 7.15. The van der Waals surface area contributed by atoms with Crippen molar-refractivity contribution in [2.24, 2.45) is 5.10 Å². The largest absolute Gasteiger partial charge is 0.489 e. The van der Waals surface area contributed by atoms with Crippen molar-refractivity contribution in [3.8, 4) is 5.75 Å². The number of ether oxygens (including phenoxy) is 1. The molecule has 0 aliphatic heterocycles. The van der Waals surface area contributed by atoms with E-state index < -0.39 is 0 Å². The van der Waals surface area contributed by atoms with Crippen molar-refractivity contribution in [3.05, 3.63) is 119 Å². The molecule has 0 radical (unpaired) electrons. The third-order valence-corrected chi connectivity index (χ3v) is 6.41. The highest BCUT2D eigenvalue weighted by Crippen LogP contribution is 2.21. The lowest BCUT2D eigenvalue weighted by molar-refractivity contribution is -0.120. The Hall–Kier alpha value is -4.89. The summed E-state index contributed by atoms with van der Waals surface area (Å²) < 4.78 is 6.01. The van der Waals surface area contributed by atoms with E-state index >= 15 is 0 Å². The first-order valence-electron chi connectivity index (χ1n) is 11.8. The van der Waals surface area contributed by atoms with Crippen molar-refractivity contribution in [2.75, 3.05) is 5.32 Å². The summed E-state index contributed by atoms with van der Waals surface area (Å²) >= 11 is 1.14. The SMILES string of the molecule is O=C(Cc1nnc(NC(=O)c2ccccc2)s1)N/N=C/c1cccc(OCc2cccc3ccccc23)c1. The molecule has 5 rings (SSSR count). The summed E-state index contributed by atoms with van der Waals surface area (Å²) in [6, 6.07) is 30.6. The van der Waals surface area contributed by atoms with Gasteiger partial charge in [0.15, 0.2) is 0 Å². The zero-order valence-corrected chi connectivity index (χ0v) is 21.0. The number of nitrogens with one attached hydrogen (secondary N) is 2. The number of carbonyl (C=O) groups is 2. The van der Waals surface area contributed by atoms with Gasteiger partial charge in [-0.2, -0.15) is 5.10 Å². The zero-order valence-electron chi connectivity index (χ0n) is 20.2. The normalized spacial score (nSPS) is 10.9. The lowest BCUT2D eigenvalue weighted by atomic mass is 10.1. The number of amides is 2. The van der Waals surface area contributed by atoms with Crippen LogP contribution in [0.5, 0.6) is 5.75 Å². The average molecular weight is 522 g/mol. The smallest absolute Gasteiger partial charge is 0.257 e. The van der Waals surface area contributed by atoms with Gasteiger partial charge < -0.3 is 4.74 Å². The van der Waals surface area contributed by atoms with Crippen molar-refractivity contribution < 1.29 is 14.3 Å². The van der Waals surface area contributed by atoms with Crippen molar-refractivity contribution in [1.29, 1.82) is 0 Å². The summed E-state index contributed by atoms with van der Waals surface area (Å²) in [5.41, 5.74) is 4.89. The van der Waals surface area contributed by atoms with Gasteiger partial charge in [-0.05, 0) is 46.2 Å². The number of carbonyl (C=O) groups excluding carboxylic acids is 2. The number of benzene rings is 4. The molecule has 1 heterocycles. The van der Waals surface area contributed by atoms with Crippen LogP contribution < -0.4 is 15.5 Å². The number of hydrogen-bond donors (Lipinski definition) is 2. The molecule has 38 heavy (non-hydrogen) atoms. The molecule has 0 fully saturated rings. The van der Waals surface area contributed by atoms with E-state index in [0.717, 1.165) is 27.8 Å². The van der Waals surface area contributed by atoms with Crippen molar-refractivity contribution in [2.45, 2.75) is 13.0 Å². The summed E-state index contributed by atoms with van der Waals surface area (Å²) in [7, 11) is 0. The number of aromatic nitrogens is 2. The topological polar surface area (TPSA) is 106 Å². The molecule has 0 atom stereocenters. The first-order valence-corrected chi connectivity index (χ1v) is 12.7. The molecule has 8 nitrogen and oxygen atoms in total. The lowest BCUT2D eigenvalue weighted by Gasteiger charge is -2.09. The Morgan fingerprint density at radius 3 is 2.58 bits per heavy atom. The van der Waals surface area contributed by atoms with Crippen LogP contribution in [-0.4, -0.2) is 28.2 Å². The van der Waals surface area contributed by atoms with Gasteiger partial charge in [0.25, 0.3) is 5.91 Å². The Labute approximate surface area is 223 Å². The second-order valence-corrected chi connectivity index (χ2v) is 9.35. The van der Waals surface area contributed by atoms with Crippen LogP contribution in [0.1, 0.15) is 26.5 Å². The third kappa shape index (κ3) is 6.45. The second-order valence-electron chi connectivity index (χ2n) is 8.29. The molecule has 0 saturated heterocycles. The number of hydrogen-bond acceptors (Lipinski definition) is 7. The quantitative estimate of drug-likeness (QED) is 0.205. The maximum absolute atomic E-state index is 12.3. The van der Waals surface area contributed by atoms with E-state index in [2.05, 4.69) is 50.3 Å². The molecule has 2 N–H and O–H groups in total. The van der Waals surface area contributed by atoms with Gasteiger partial charge in [-0.15, -0.1) is 10.2 Å². The van der Waals surface area contributed by atoms with Crippen LogP contribution in [0.25, 0.3) is 10.8 Å². The Bertz CT molecular complexity index is 1600. The summed E-state index contributed by atoms with van der Waals surface area (Å²) in [4.78, 5) is 24.5. The molecule has 9 heteroatoms. The van der Waals surface area contributed by atoms with E-state index in [0.29, 0.717) is 28.1 Å². The molecule has 5 aromatic rings. The van der Waals surface area contributed by atoms with Gasteiger partial charge in [0.2, 0.25) is 11.0 Å². The Balaban J connectivity index is 1.12. The monoisotopic (exact) mass is 521 g/mol. The van der Waals surface area contributed by atoms with Crippen molar-refractivity contribution >= 4 is 45.3 Å². The van der Waals surface area contributed by atoms with Crippen LogP contribution in [0.15, 0.2) is 102 Å². The van der Waals surface area contributed by atoms with Gasteiger partial charge in [0.05, 0.1) is 12.6 Å². The van der Waals surface area contributed by atoms with Crippen LogP contribution in [-0.2, 0) is 17.8 Å². The number of fused-ring (bicyclic) bond motifs is 1. The molecular weight excluding hydrogens is 498 g/mol. The number of anilines is 1. The van der Waals surface area contributed by atoms with E-state index in [1.807, 2.05) is 48.5 Å². The molecule has 0 bridgehead atoms. The van der Waals surface area contributed by atoms with Crippen LogP contribution >= 0.6 is 11.3 Å². The van der Waals surface area contributed by atoms with Crippen LogP contribution in [0.2, 0.25) is 0 Å². The molecule has 188 valence electrons. The standard InChI is InChI=1S/C29H23N5O3S/c35-26(17-27-33-34-29(38-27)31-28(36)22-10-2-1-3-11-22)32-30-18-20-8-6-14-24(16-20)37-19-23-13-7-12-21-9-4-5-15-25(21)23/h1-16,18H,17,19H2,(H,32,35)(H,31,34,36)/b30-18+. The highest BCUT2D eigenvalue weighted by Gasteiger charge is 2.12. The number of hydrazone groups is 1. The number of nitrogens with zero attached hydrogens (tertiary/aromatic N) is 3. The lowest BCUT2D eigenvalue weighted by Crippen LogP contribution is -2.19. The Morgan fingerprint density at radius 1 is 0.895 bits per heavy atom. The minimum Gasteiger partial charge on any atom is -0.489 e. The van der Waals surface area contributed by atoms with Gasteiger partial charge in [-0.1, -0.05) is 84.1 Å². The Morgan fingerprint density at radius 2 is 1.68 bits per heavy atom. The minimum absolute atomic E-state index is 0.00953. The molecule has 1 aromatic heterocycles. The third-order valence-electron chi connectivity index (χ3n) is 5.57. The average Bonchev–Trinajstić information content (AvgIpc) is 3.38. The fraction of sp³-hybridized carbons (Fsp3) is 0.0690. The van der Waals surface area contributed by atoms with E-state index in [-0.39, 0.29) is 18.2 Å². The summed E-state index contributed by atoms with van der Waals surface area (Å²) in [5, 5.41) is 17.7. The van der Waals surface area contributed by atoms with Gasteiger partial charge >= 0.3 is 0 Å². The zero-order chi connectivity index (χ0) is 26.2. The van der Waals surface area contributed by atoms with E-state index in [1.165, 1.54) is 5.39 Å². The number of rotatable bonds is 9. The highest BCUT2D eigenvalue weighted by atomic mass is 32.1. The summed E-state index contributed by atoms with van der Waals surface area (Å²) in [5.74, 6) is 0.0690. The van der Waals surface area contributed by atoms with E-state index in [4.69, 9.17) is 4.74 Å². The Kier molecular flexibility index (Phi) is 7.76. The van der Waals surface area contributed by atoms with E-state index in [9.17, 15) is 9.59 Å². The van der Waals surface area contributed by atoms with E-state index in [1.54, 1.807) is 30.5 Å². The predicted octanol–water partition coefficient (Wildman–Crippen LogP) is 5.22. The first-order chi connectivity index (χ1) is 18.6. The van der Waals surface area contributed by atoms with Gasteiger partial charge in [-0.3, -0.25) is 14.9 Å². The van der Waals surface area contributed by atoms with Gasteiger partial charge in [0.1, 0.15) is 17.4 Å². The minimum atomic E-state index is -0.346. The maximum Gasteiger partial charge on any atom is 0.257 e. The second kappa shape index (κ2) is 11.9. The molecule has 4 aromatic carbocycles. The van der Waals surface area contributed by atoms with Crippen molar-refractivity contribution in [3.63, 3.8) is 0 Å². The van der Waals surface area contributed by atoms with Crippen molar-refractivity contribution in [1.82, 2.24) is 15.6 Å². The summed E-state index contributed by atoms with van der Waals surface area (Å²) in [6.07, 6.45) is 1.54. The van der Waals surface area contributed by atoms with Crippen LogP contribution in [0, 0.1) is 0 Å². The molecule has 0 saturated carbocycles. The summed E-state index contributed by atoms with van der Waals surface area (Å²) in [6.45, 7) is 0.439. The molecule has 0 unspecified atom stereocenters. The molecule has 2 amide bonds. The molecule has 0 spiro atoms.